The molecule has 0 N–H and O–H groups in total. The standard InChI is InChI=1S/C21H34O3SSi/c1-6-24-21(22)19-10-8-7-9-18(19)20(15-26(3,4)5)25(23)17-13-11-16(2)12-14-17/h11-14,18-20H,6-10,15H2,1-5H3/t18?,19?,20?,25-/m0/s1. The highest BCUT2D eigenvalue weighted by atomic mass is 32.2. The van der Waals surface area contributed by atoms with E-state index in [0.29, 0.717) is 6.61 Å². The molecule has 0 spiro atoms. The zero-order valence-electron chi connectivity index (χ0n) is 16.9. The van der Waals surface area contributed by atoms with Gasteiger partial charge < -0.3 is 4.74 Å². The van der Waals surface area contributed by atoms with Crippen molar-refractivity contribution in [3.8, 4) is 0 Å². The fourth-order valence-electron chi connectivity index (χ4n) is 3.98. The zero-order valence-corrected chi connectivity index (χ0v) is 18.7. The first kappa shape index (κ1) is 21.4. The van der Waals surface area contributed by atoms with Crippen LogP contribution in [0.2, 0.25) is 25.7 Å². The van der Waals surface area contributed by atoms with E-state index in [1.54, 1.807) is 0 Å². The van der Waals surface area contributed by atoms with Gasteiger partial charge in [0.2, 0.25) is 0 Å². The molecule has 1 aliphatic rings. The summed E-state index contributed by atoms with van der Waals surface area (Å²) >= 11 is 0. The summed E-state index contributed by atoms with van der Waals surface area (Å²) in [6.45, 7) is 11.3. The molecule has 3 nitrogen and oxygen atoms in total. The summed E-state index contributed by atoms with van der Waals surface area (Å²) in [6, 6.07) is 9.02. The van der Waals surface area contributed by atoms with Gasteiger partial charge in [0.1, 0.15) is 0 Å². The molecule has 1 aromatic rings. The van der Waals surface area contributed by atoms with Crippen LogP contribution in [0, 0.1) is 18.8 Å². The summed E-state index contributed by atoms with van der Waals surface area (Å²) in [5.74, 6) is -0.0187. The highest BCUT2D eigenvalue weighted by molar-refractivity contribution is 7.85. The van der Waals surface area contributed by atoms with E-state index < -0.39 is 18.9 Å². The fraction of sp³-hybridized carbons (Fsp3) is 0.667. The SMILES string of the molecule is CCOC(=O)C1CCCCC1C(C[Si](C)(C)C)[S@@](=O)c1ccc(C)cc1. The molecule has 1 fully saturated rings. The van der Waals surface area contributed by atoms with E-state index in [1.165, 1.54) is 5.56 Å². The normalized spacial score (nSPS) is 23.3. The van der Waals surface area contributed by atoms with Gasteiger partial charge in [-0.25, -0.2) is 0 Å². The number of ether oxygens (including phenoxy) is 1. The second-order valence-electron chi connectivity index (χ2n) is 8.72. The van der Waals surface area contributed by atoms with Crippen molar-refractivity contribution in [3.05, 3.63) is 29.8 Å². The molecule has 0 radical (unpaired) electrons. The Morgan fingerprint density at radius 3 is 2.38 bits per heavy atom. The summed E-state index contributed by atoms with van der Waals surface area (Å²) in [5, 5.41) is 0.0408. The Morgan fingerprint density at radius 2 is 1.81 bits per heavy atom. The molecular weight excluding hydrogens is 360 g/mol. The number of esters is 1. The highest BCUT2D eigenvalue weighted by Crippen LogP contribution is 2.39. The van der Waals surface area contributed by atoms with Gasteiger partial charge >= 0.3 is 5.97 Å². The van der Waals surface area contributed by atoms with Crippen LogP contribution >= 0.6 is 0 Å². The minimum Gasteiger partial charge on any atom is -0.466 e. The molecule has 26 heavy (non-hydrogen) atoms. The van der Waals surface area contributed by atoms with E-state index in [-0.39, 0.29) is 23.1 Å². The van der Waals surface area contributed by atoms with Crippen LogP contribution in [0.15, 0.2) is 29.2 Å². The van der Waals surface area contributed by atoms with Crippen molar-refractivity contribution < 1.29 is 13.7 Å². The summed E-state index contributed by atoms with van der Waals surface area (Å²) in [5.41, 5.74) is 1.18. The Labute approximate surface area is 162 Å². The Kier molecular flexibility index (Phi) is 7.65. The molecule has 1 aliphatic carbocycles. The van der Waals surface area contributed by atoms with Crippen LogP contribution in [0.3, 0.4) is 0 Å². The van der Waals surface area contributed by atoms with Crippen LogP contribution < -0.4 is 0 Å². The van der Waals surface area contributed by atoms with E-state index in [4.69, 9.17) is 4.74 Å². The van der Waals surface area contributed by atoms with E-state index in [2.05, 4.69) is 19.6 Å². The molecule has 146 valence electrons. The van der Waals surface area contributed by atoms with Crippen LogP contribution in [0.1, 0.15) is 38.2 Å². The second-order valence-corrected chi connectivity index (χ2v) is 15.9. The maximum Gasteiger partial charge on any atom is 0.309 e. The van der Waals surface area contributed by atoms with E-state index >= 15 is 0 Å². The lowest BCUT2D eigenvalue weighted by atomic mass is 9.77. The molecule has 0 aromatic heterocycles. The van der Waals surface area contributed by atoms with Crippen LogP contribution in [0.4, 0.5) is 0 Å². The predicted molar refractivity (Wildman–Crippen MR) is 112 cm³/mol. The van der Waals surface area contributed by atoms with Gasteiger partial charge in [-0.15, -0.1) is 0 Å². The van der Waals surface area contributed by atoms with Gasteiger partial charge in [0.15, 0.2) is 0 Å². The Balaban J connectivity index is 2.33. The third kappa shape index (κ3) is 5.78. The lowest BCUT2D eigenvalue weighted by Gasteiger charge is -2.37. The van der Waals surface area contributed by atoms with Gasteiger partial charge in [0.05, 0.1) is 23.3 Å². The van der Waals surface area contributed by atoms with Crippen LogP contribution in [-0.2, 0) is 20.3 Å². The Bertz CT molecular complexity index is 621. The third-order valence-electron chi connectivity index (χ3n) is 5.23. The van der Waals surface area contributed by atoms with E-state index in [1.807, 2.05) is 38.1 Å². The van der Waals surface area contributed by atoms with Crippen molar-refractivity contribution in [3.63, 3.8) is 0 Å². The molecule has 1 aromatic carbocycles. The smallest absolute Gasteiger partial charge is 0.309 e. The molecule has 0 aliphatic heterocycles. The molecule has 0 heterocycles. The summed E-state index contributed by atoms with van der Waals surface area (Å²) in [6.07, 6.45) is 4.04. The molecule has 3 unspecified atom stereocenters. The van der Waals surface area contributed by atoms with Crippen molar-refractivity contribution in [2.75, 3.05) is 6.61 Å². The molecule has 2 rings (SSSR count). The molecule has 1 saturated carbocycles. The average molecular weight is 395 g/mol. The fourth-order valence-corrected chi connectivity index (χ4v) is 9.00. The monoisotopic (exact) mass is 394 g/mol. The van der Waals surface area contributed by atoms with Crippen molar-refractivity contribution in [1.82, 2.24) is 0 Å². The first-order chi connectivity index (χ1) is 12.2. The number of rotatable bonds is 7. The van der Waals surface area contributed by atoms with Crippen LogP contribution in [0.25, 0.3) is 0 Å². The van der Waals surface area contributed by atoms with Gasteiger partial charge in [-0.3, -0.25) is 9.00 Å². The quantitative estimate of drug-likeness (QED) is 0.473. The zero-order chi connectivity index (χ0) is 19.3. The number of benzene rings is 1. The van der Waals surface area contributed by atoms with Gasteiger partial charge in [0.25, 0.3) is 0 Å². The molecule has 4 atom stereocenters. The Morgan fingerprint density at radius 1 is 1.19 bits per heavy atom. The average Bonchev–Trinajstić information content (AvgIpc) is 2.59. The predicted octanol–water partition coefficient (Wildman–Crippen LogP) is 5.18. The molecule has 5 heteroatoms. The van der Waals surface area contributed by atoms with Crippen molar-refractivity contribution in [2.45, 2.75) is 75.4 Å². The van der Waals surface area contributed by atoms with Gasteiger partial charge in [0, 0.05) is 18.2 Å². The third-order valence-corrected chi connectivity index (χ3v) is 8.99. The van der Waals surface area contributed by atoms with Gasteiger partial charge in [-0.05, 0) is 50.8 Å². The summed E-state index contributed by atoms with van der Waals surface area (Å²) in [7, 11) is -2.53. The van der Waals surface area contributed by atoms with Crippen molar-refractivity contribution in [1.29, 1.82) is 0 Å². The lowest BCUT2D eigenvalue weighted by Crippen LogP contribution is -2.42. The second kappa shape index (κ2) is 9.31. The molecule has 0 amide bonds. The Hall–Kier alpha value is -0.943. The lowest BCUT2D eigenvalue weighted by molar-refractivity contribution is -0.151. The largest absolute Gasteiger partial charge is 0.466 e. The number of hydrogen-bond donors (Lipinski definition) is 0. The highest BCUT2D eigenvalue weighted by Gasteiger charge is 2.41. The number of carbonyl (C=O) groups excluding carboxylic acids is 1. The summed E-state index contributed by atoms with van der Waals surface area (Å²) < 4.78 is 18.9. The minimum atomic E-state index is -1.44. The molecule has 0 bridgehead atoms. The topological polar surface area (TPSA) is 43.4 Å². The van der Waals surface area contributed by atoms with E-state index in [0.717, 1.165) is 36.6 Å². The minimum absolute atomic E-state index is 0.0408. The van der Waals surface area contributed by atoms with Gasteiger partial charge in [-0.1, -0.05) is 50.2 Å². The number of aryl methyl sites for hydroxylation is 1. The van der Waals surface area contributed by atoms with Gasteiger partial charge in [-0.2, -0.15) is 0 Å². The van der Waals surface area contributed by atoms with E-state index in [9.17, 15) is 9.00 Å². The first-order valence-corrected chi connectivity index (χ1v) is 14.8. The van der Waals surface area contributed by atoms with Crippen molar-refractivity contribution in [2.24, 2.45) is 11.8 Å². The molecular formula is C21H34O3SSi. The van der Waals surface area contributed by atoms with Crippen LogP contribution in [0.5, 0.6) is 0 Å². The van der Waals surface area contributed by atoms with Crippen LogP contribution in [-0.4, -0.2) is 30.1 Å². The summed E-state index contributed by atoms with van der Waals surface area (Å²) in [4.78, 5) is 13.5. The first-order valence-electron chi connectivity index (χ1n) is 9.87. The number of carbonyl (C=O) groups is 1. The van der Waals surface area contributed by atoms with Crippen molar-refractivity contribution >= 4 is 24.8 Å². The maximum absolute atomic E-state index is 13.5. The number of hydrogen-bond acceptors (Lipinski definition) is 3. The maximum atomic E-state index is 13.5. The molecule has 0 saturated heterocycles.